The fourth-order valence-electron chi connectivity index (χ4n) is 5.43. The van der Waals surface area contributed by atoms with Gasteiger partial charge in [-0.05, 0) is 36.0 Å². The van der Waals surface area contributed by atoms with Crippen LogP contribution in [-0.4, -0.2) is 49.6 Å². The van der Waals surface area contributed by atoms with Crippen LogP contribution in [0.5, 0.6) is 0 Å². The highest BCUT2D eigenvalue weighted by molar-refractivity contribution is 6.30. The van der Waals surface area contributed by atoms with Gasteiger partial charge in [0.05, 0.1) is 0 Å². The second-order valence-electron chi connectivity index (χ2n) is 8.99. The third-order valence-corrected chi connectivity index (χ3v) is 7.48. The van der Waals surface area contributed by atoms with Crippen LogP contribution in [0.25, 0.3) is 0 Å². The molecule has 4 rings (SSSR count). The van der Waals surface area contributed by atoms with Gasteiger partial charge in [-0.25, -0.2) is 0 Å². The van der Waals surface area contributed by atoms with E-state index in [1.165, 1.54) is 23.1 Å². The zero-order valence-corrected chi connectivity index (χ0v) is 19.5. The Kier molecular flexibility index (Phi) is 6.66. The molecule has 0 aromatic heterocycles. The number of nitrogens with zero attached hydrogens (tertiary/aromatic N) is 1. The van der Waals surface area contributed by atoms with E-state index < -0.39 is 23.1 Å². The van der Waals surface area contributed by atoms with E-state index in [9.17, 15) is 22.8 Å². The van der Waals surface area contributed by atoms with Crippen LogP contribution in [0.4, 0.5) is 13.2 Å². The molecule has 2 saturated heterocycles. The Morgan fingerprint density at radius 2 is 1.79 bits per heavy atom. The summed E-state index contributed by atoms with van der Waals surface area (Å²) in [5.41, 5.74) is -2.88. The topological polar surface area (TPSA) is 58.6 Å². The molecule has 1 N–H and O–H groups in total. The highest BCUT2D eigenvalue weighted by Crippen LogP contribution is 2.50. The normalized spacial score (nSPS) is 22.2. The molecule has 0 bridgehead atoms. The van der Waals surface area contributed by atoms with E-state index in [4.69, 9.17) is 16.3 Å². The first-order valence-electron chi connectivity index (χ1n) is 11.1. The number of piperidine rings is 2. The Morgan fingerprint density at radius 3 is 2.38 bits per heavy atom. The highest BCUT2D eigenvalue weighted by atomic mass is 35.5. The molecule has 9 heteroatoms. The number of alkyl halides is 3. The van der Waals surface area contributed by atoms with Crippen molar-refractivity contribution in [2.45, 2.75) is 37.0 Å². The first-order valence-corrected chi connectivity index (χ1v) is 11.5. The maximum absolute atomic E-state index is 14.4. The smallest absolute Gasteiger partial charge is 0.356 e. The third-order valence-electron chi connectivity index (χ3n) is 7.24. The number of rotatable bonds is 4. The van der Waals surface area contributed by atoms with Crippen molar-refractivity contribution in [3.8, 4) is 0 Å². The number of hydrogen-bond acceptors (Lipinski definition) is 3. The van der Waals surface area contributed by atoms with E-state index in [0.29, 0.717) is 19.4 Å². The molecule has 182 valence electrons. The first kappa shape index (κ1) is 24.5. The molecular formula is C25H26ClF3N2O3. The second kappa shape index (κ2) is 9.23. The van der Waals surface area contributed by atoms with Crippen molar-refractivity contribution in [1.29, 1.82) is 0 Å². The molecule has 0 unspecified atom stereocenters. The summed E-state index contributed by atoms with van der Waals surface area (Å²) in [7, 11) is 0.884. The van der Waals surface area contributed by atoms with Crippen molar-refractivity contribution in [3.05, 3.63) is 70.7 Å². The number of ether oxygens (including phenoxy) is 1. The Hall–Kier alpha value is -2.58. The second-order valence-corrected chi connectivity index (χ2v) is 9.43. The van der Waals surface area contributed by atoms with Crippen molar-refractivity contribution >= 4 is 23.4 Å². The number of nitrogens with one attached hydrogen (secondary N) is 1. The largest absolute Gasteiger partial charge is 0.430 e. The summed E-state index contributed by atoms with van der Waals surface area (Å²) in [5.74, 6) is -1.23. The Bertz CT molecular complexity index is 1050. The minimum atomic E-state index is -5.00. The van der Waals surface area contributed by atoms with Gasteiger partial charge in [0.2, 0.25) is 5.91 Å². The van der Waals surface area contributed by atoms with Gasteiger partial charge >= 0.3 is 6.18 Å². The van der Waals surface area contributed by atoms with Crippen LogP contribution >= 0.6 is 11.6 Å². The molecule has 5 nitrogen and oxygen atoms in total. The lowest BCUT2D eigenvalue weighted by Crippen LogP contribution is -2.60. The summed E-state index contributed by atoms with van der Waals surface area (Å²) in [6.07, 6.45) is -3.90. The average Bonchev–Trinajstić information content (AvgIpc) is 2.80. The van der Waals surface area contributed by atoms with Crippen LogP contribution in [0.15, 0.2) is 54.6 Å². The average molecular weight is 495 g/mol. The third kappa shape index (κ3) is 4.18. The van der Waals surface area contributed by atoms with Crippen LogP contribution in [0.1, 0.15) is 36.3 Å². The van der Waals surface area contributed by atoms with E-state index in [1.54, 1.807) is 0 Å². The van der Waals surface area contributed by atoms with Gasteiger partial charge in [0, 0.05) is 49.7 Å². The zero-order chi connectivity index (χ0) is 24.6. The number of methoxy groups -OCH3 is 1. The molecule has 2 aliphatic heterocycles. The number of amides is 2. The van der Waals surface area contributed by atoms with Gasteiger partial charge in [-0.2, -0.15) is 13.2 Å². The minimum absolute atomic E-state index is 0.0198. The first-order chi connectivity index (χ1) is 16.1. The van der Waals surface area contributed by atoms with Gasteiger partial charge in [-0.1, -0.05) is 54.1 Å². The molecule has 2 aromatic carbocycles. The maximum atomic E-state index is 14.4. The Morgan fingerprint density at radius 1 is 1.12 bits per heavy atom. The molecule has 0 aliphatic carbocycles. The number of likely N-dealkylation sites (tertiary alicyclic amines) is 1. The molecule has 2 fully saturated rings. The van der Waals surface area contributed by atoms with Crippen molar-refractivity contribution in [1.82, 2.24) is 10.2 Å². The molecule has 34 heavy (non-hydrogen) atoms. The summed E-state index contributed by atoms with van der Waals surface area (Å²) >= 11 is 5.95. The van der Waals surface area contributed by atoms with Crippen LogP contribution in [0, 0.1) is 5.41 Å². The standard InChI is InChI=1S/C25H26ClF3N2O3/c1-34-24(25(27,28)29,18-8-5-9-19(26)14-18)22(33)31-12-10-23(11-13-31)15-21(32)30-16-20(23)17-6-3-2-4-7-17/h2-9,14,20H,10-13,15-16H2,1H3,(H,30,32)/t20-,24-/m0/s1. The van der Waals surface area contributed by atoms with E-state index in [0.717, 1.165) is 18.7 Å². The maximum Gasteiger partial charge on any atom is 0.430 e. The summed E-state index contributed by atoms with van der Waals surface area (Å²) in [6, 6.07) is 14.9. The molecule has 1 spiro atoms. The predicted molar refractivity (Wildman–Crippen MR) is 121 cm³/mol. The molecule has 2 atom stereocenters. The van der Waals surface area contributed by atoms with Crippen LogP contribution in [-0.2, 0) is 19.9 Å². The van der Waals surface area contributed by atoms with Gasteiger partial charge in [0.25, 0.3) is 11.5 Å². The van der Waals surface area contributed by atoms with Gasteiger partial charge in [0.1, 0.15) is 0 Å². The Labute approximate surface area is 201 Å². The summed E-state index contributed by atoms with van der Waals surface area (Å²) in [4.78, 5) is 27.0. The van der Waals surface area contributed by atoms with Crippen molar-refractivity contribution < 1.29 is 27.5 Å². The zero-order valence-electron chi connectivity index (χ0n) is 18.7. The molecule has 0 saturated carbocycles. The molecule has 2 heterocycles. The molecule has 2 aliphatic rings. The summed E-state index contributed by atoms with van der Waals surface area (Å²) < 4.78 is 48.2. The lowest BCUT2D eigenvalue weighted by atomic mass is 9.62. The van der Waals surface area contributed by atoms with Gasteiger partial charge in [-0.3, -0.25) is 9.59 Å². The van der Waals surface area contributed by atoms with E-state index in [2.05, 4.69) is 5.32 Å². The number of benzene rings is 2. The fraction of sp³-hybridized carbons (Fsp3) is 0.440. The quantitative estimate of drug-likeness (QED) is 0.672. The van der Waals surface area contributed by atoms with Gasteiger partial charge in [0.15, 0.2) is 0 Å². The molecule has 2 amide bonds. The number of halogens is 4. The van der Waals surface area contributed by atoms with E-state index >= 15 is 0 Å². The molecule has 2 aromatic rings. The monoisotopic (exact) mass is 494 g/mol. The van der Waals surface area contributed by atoms with Gasteiger partial charge < -0.3 is 15.0 Å². The minimum Gasteiger partial charge on any atom is -0.356 e. The Balaban J connectivity index is 1.63. The highest BCUT2D eigenvalue weighted by Gasteiger charge is 2.64. The predicted octanol–water partition coefficient (Wildman–Crippen LogP) is 4.66. The molecule has 0 radical (unpaired) electrons. The number of hydrogen-bond donors (Lipinski definition) is 1. The number of carbonyl (C=O) groups is 2. The fourth-order valence-corrected chi connectivity index (χ4v) is 5.62. The summed E-state index contributed by atoms with van der Waals surface area (Å²) in [6.45, 7) is 0.651. The van der Waals surface area contributed by atoms with Crippen LogP contribution in [0.3, 0.4) is 0 Å². The van der Waals surface area contributed by atoms with E-state index in [-0.39, 0.29) is 41.9 Å². The number of carbonyl (C=O) groups excluding carboxylic acids is 2. The van der Waals surface area contributed by atoms with Crippen LogP contribution < -0.4 is 5.32 Å². The van der Waals surface area contributed by atoms with Gasteiger partial charge in [-0.15, -0.1) is 0 Å². The lowest BCUT2D eigenvalue weighted by molar-refractivity contribution is -0.271. The summed E-state index contributed by atoms with van der Waals surface area (Å²) in [5, 5.41) is 2.99. The van der Waals surface area contributed by atoms with Crippen molar-refractivity contribution in [2.24, 2.45) is 5.41 Å². The van der Waals surface area contributed by atoms with Crippen LogP contribution in [0.2, 0.25) is 5.02 Å². The van der Waals surface area contributed by atoms with Crippen molar-refractivity contribution in [2.75, 3.05) is 26.7 Å². The lowest BCUT2D eigenvalue weighted by Gasteiger charge is -2.50. The van der Waals surface area contributed by atoms with Crippen molar-refractivity contribution in [3.63, 3.8) is 0 Å². The SMILES string of the molecule is CO[C@](C(=O)N1CCC2(CC1)CC(=O)NC[C@H]2c1ccccc1)(c1cccc(Cl)c1)C(F)(F)F. The van der Waals surface area contributed by atoms with E-state index in [1.807, 2.05) is 30.3 Å². The molecular weight excluding hydrogens is 469 g/mol.